The van der Waals surface area contributed by atoms with Crippen molar-refractivity contribution in [2.24, 2.45) is 0 Å². The number of rotatable bonds is 4. The van der Waals surface area contributed by atoms with Crippen molar-refractivity contribution < 1.29 is 5.11 Å². The molecule has 5 heteroatoms. The molecule has 0 aliphatic heterocycles. The summed E-state index contributed by atoms with van der Waals surface area (Å²) in [5.74, 6) is 0. The summed E-state index contributed by atoms with van der Waals surface area (Å²) in [5.41, 5.74) is 0.918. The first-order valence-electron chi connectivity index (χ1n) is 4.27. The minimum atomic E-state index is 0.0602. The number of aliphatic hydroxyl groups is 1. The number of pyridine rings is 1. The van der Waals surface area contributed by atoms with Crippen LogP contribution >= 0.6 is 27.5 Å². The van der Waals surface area contributed by atoms with Gasteiger partial charge < -0.3 is 10.4 Å². The van der Waals surface area contributed by atoms with Crippen molar-refractivity contribution in [3.05, 3.63) is 27.5 Å². The Morgan fingerprint density at radius 3 is 3.00 bits per heavy atom. The van der Waals surface area contributed by atoms with Crippen molar-refractivity contribution in [3.63, 3.8) is 0 Å². The minimum absolute atomic E-state index is 0.0602. The molecule has 78 valence electrons. The van der Waals surface area contributed by atoms with Crippen molar-refractivity contribution in [3.8, 4) is 0 Å². The van der Waals surface area contributed by atoms with Gasteiger partial charge in [-0.2, -0.15) is 0 Å². The van der Waals surface area contributed by atoms with E-state index < -0.39 is 0 Å². The Bertz CT molecular complexity index is 309. The molecule has 0 saturated carbocycles. The highest BCUT2D eigenvalue weighted by Crippen LogP contribution is 2.24. The lowest BCUT2D eigenvalue weighted by Gasteiger charge is -2.11. The molecular formula is C9H12BrClN2O. The van der Waals surface area contributed by atoms with Crippen LogP contribution in [-0.4, -0.2) is 22.7 Å². The van der Waals surface area contributed by atoms with E-state index in [4.69, 9.17) is 16.7 Å². The molecule has 1 aromatic rings. The maximum atomic E-state index is 8.82. The van der Waals surface area contributed by atoms with Crippen molar-refractivity contribution in [1.82, 2.24) is 10.3 Å². The number of aromatic nitrogens is 1. The maximum Gasteiger partial charge on any atom is 0.0624 e. The van der Waals surface area contributed by atoms with Gasteiger partial charge in [-0.15, -0.1) is 0 Å². The fourth-order valence-corrected chi connectivity index (χ4v) is 1.47. The minimum Gasteiger partial charge on any atom is -0.395 e. The van der Waals surface area contributed by atoms with Gasteiger partial charge in [0.2, 0.25) is 0 Å². The van der Waals surface area contributed by atoms with Gasteiger partial charge in [0, 0.05) is 30.5 Å². The smallest absolute Gasteiger partial charge is 0.0624 e. The molecule has 2 N–H and O–H groups in total. The maximum absolute atomic E-state index is 8.82. The number of halogens is 2. The van der Waals surface area contributed by atoms with Crippen LogP contribution in [0.25, 0.3) is 0 Å². The summed E-state index contributed by atoms with van der Waals surface area (Å²) in [5, 5.41) is 12.6. The van der Waals surface area contributed by atoms with E-state index >= 15 is 0 Å². The highest BCUT2D eigenvalue weighted by Gasteiger charge is 2.05. The van der Waals surface area contributed by atoms with E-state index in [-0.39, 0.29) is 12.6 Å². The molecule has 0 spiro atoms. The monoisotopic (exact) mass is 278 g/mol. The molecule has 14 heavy (non-hydrogen) atoms. The largest absolute Gasteiger partial charge is 0.395 e. The SMILES string of the molecule is C[C@H](CO)NCc1cncc(Br)c1Cl. The van der Waals surface area contributed by atoms with Gasteiger partial charge in [-0.25, -0.2) is 0 Å². The van der Waals surface area contributed by atoms with Crippen molar-refractivity contribution in [1.29, 1.82) is 0 Å². The molecular weight excluding hydrogens is 267 g/mol. The van der Waals surface area contributed by atoms with Crippen LogP contribution in [0.5, 0.6) is 0 Å². The lowest BCUT2D eigenvalue weighted by molar-refractivity contribution is 0.251. The fraction of sp³-hybridized carbons (Fsp3) is 0.444. The topological polar surface area (TPSA) is 45.1 Å². The third-order valence-corrected chi connectivity index (χ3v) is 3.10. The van der Waals surface area contributed by atoms with E-state index in [1.807, 2.05) is 6.92 Å². The lowest BCUT2D eigenvalue weighted by atomic mass is 10.2. The number of aliphatic hydroxyl groups excluding tert-OH is 1. The zero-order valence-corrected chi connectivity index (χ0v) is 10.1. The molecule has 0 aliphatic carbocycles. The van der Waals surface area contributed by atoms with Gasteiger partial charge in [0.15, 0.2) is 0 Å². The fourth-order valence-electron chi connectivity index (χ4n) is 0.931. The highest BCUT2D eigenvalue weighted by molar-refractivity contribution is 9.10. The Morgan fingerprint density at radius 2 is 2.36 bits per heavy atom. The zero-order chi connectivity index (χ0) is 10.6. The predicted octanol–water partition coefficient (Wildman–Crippen LogP) is 1.97. The zero-order valence-electron chi connectivity index (χ0n) is 7.80. The molecule has 1 heterocycles. The number of hydrogen-bond acceptors (Lipinski definition) is 3. The van der Waals surface area contributed by atoms with Gasteiger partial charge in [0.25, 0.3) is 0 Å². The van der Waals surface area contributed by atoms with Gasteiger partial charge in [-0.05, 0) is 22.9 Å². The van der Waals surface area contributed by atoms with E-state index in [0.29, 0.717) is 11.6 Å². The van der Waals surface area contributed by atoms with Crippen LogP contribution in [0.3, 0.4) is 0 Å². The second kappa shape index (κ2) is 5.66. The summed E-state index contributed by atoms with van der Waals surface area (Å²) in [6, 6.07) is 0.0602. The second-order valence-electron chi connectivity index (χ2n) is 3.06. The summed E-state index contributed by atoms with van der Waals surface area (Å²) < 4.78 is 0.787. The first-order valence-corrected chi connectivity index (χ1v) is 5.44. The molecule has 3 nitrogen and oxygen atoms in total. The van der Waals surface area contributed by atoms with Crippen molar-refractivity contribution in [2.45, 2.75) is 19.5 Å². The van der Waals surface area contributed by atoms with Crippen LogP contribution in [0, 0.1) is 0 Å². The Kier molecular flexibility index (Phi) is 4.81. The van der Waals surface area contributed by atoms with Crippen LogP contribution in [0.4, 0.5) is 0 Å². The van der Waals surface area contributed by atoms with Gasteiger partial charge in [-0.1, -0.05) is 11.6 Å². The van der Waals surface area contributed by atoms with Gasteiger partial charge in [0.05, 0.1) is 16.1 Å². The van der Waals surface area contributed by atoms with E-state index in [1.54, 1.807) is 12.4 Å². The molecule has 0 unspecified atom stereocenters. The summed E-state index contributed by atoms with van der Waals surface area (Å²) in [4.78, 5) is 4.02. The molecule has 0 saturated heterocycles. The third-order valence-electron chi connectivity index (χ3n) is 1.82. The normalized spacial score (nSPS) is 12.9. The summed E-state index contributed by atoms with van der Waals surface area (Å²) in [6.45, 7) is 2.62. The van der Waals surface area contributed by atoms with E-state index in [2.05, 4.69) is 26.2 Å². The average Bonchev–Trinajstić information content (AvgIpc) is 2.20. The van der Waals surface area contributed by atoms with Gasteiger partial charge in [0.1, 0.15) is 0 Å². The summed E-state index contributed by atoms with van der Waals surface area (Å²) in [7, 11) is 0. The molecule has 0 aromatic carbocycles. The van der Waals surface area contributed by atoms with Crippen LogP contribution in [-0.2, 0) is 6.54 Å². The van der Waals surface area contributed by atoms with Crippen LogP contribution < -0.4 is 5.32 Å². The Hall–Kier alpha value is -0.160. The van der Waals surface area contributed by atoms with Gasteiger partial charge >= 0.3 is 0 Å². The molecule has 0 radical (unpaired) electrons. The lowest BCUT2D eigenvalue weighted by Crippen LogP contribution is -2.28. The van der Waals surface area contributed by atoms with E-state index in [0.717, 1.165) is 10.0 Å². The first-order chi connectivity index (χ1) is 6.65. The van der Waals surface area contributed by atoms with Crippen molar-refractivity contribution >= 4 is 27.5 Å². The summed E-state index contributed by atoms with van der Waals surface area (Å²) >= 11 is 9.33. The quantitative estimate of drug-likeness (QED) is 0.886. The molecule has 1 atom stereocenters. The van der Waals surface area contributed by atoms with Crippen LogP contribution in [0.15, 0.2) is 16.9 Å². The first kappa shape index (κ1) is 11.9. The van der Waals surface area contributed by atoms with Crippen LogP contribution in [0.2, 0.25) is 5.02 Å². The van der Waals surface area contributed by atoms with Gasteiger partial charge in [-0.3, -0.25) is 4.98 Å². The second-order valence-corrected chi connectivity index (χ2v) is 4.29. The summed E-state index contributed by atoms with van der Waals surface area (Å²) in [6.07, 6.45) is 3.37. The molecule has 1 aromatic heterocycles. The molecule has 0 aliphatic rings. The Balaban J connectivity index is 2.63. The predicted molar refractivity (Wildman–Crippen MR) is 60.3 cm³/mol. The number of hydrogen-bond donors (Lipinski definition) is 2. The Labute approximate surface area is 96.6 Å². The number of nitrogens with zero attached hydrogens (tertiary/aromatic N) is 1. The van der Waals surface area contributed by atoms with Crippen LogP contribution in [0.1, 0.15) is 12.5 Å². The third kappa shape index (κ3) is 3.20. The molecule has 0 amide bonds. The molecule has 1 rings (SSSR count). The average molecular weight is 280 g/mol. The number of nitrogens with one attached hydrogen (secondary N) is 1. The van der Waals surface area contributed by atoms with Crippen molar-refractivity contribution in [2.75, 3.05) is 6.61 Å². The standard InChI is InChI=1S/C9H12BrClN2O/c1-6(5-14)13-3-7-2-12-4-8(10)9(7)11/h2,4,6,13-14H,3,5H2,1H3/t6-/m1/s1. The van der Waals surface area contributed by atoms with E-state index in [1.165, 1.54) is 0 Å². The molecule has 0 fully saturated rings. The molecule has 0 bridgehead atoms. The Morgan fingerprint density at radius 1 is 1.64 bits per heavy atom. The highest BCUT2D eigenvalue weighted by atomic mass is 79.9. The van der Waals surface area contributed by atoms with E-state index in [9.17, 15) is 0 Å².